The maximum atomic E-state index is 11.5. The molecule has 16 heavy (non-hydrogen) atoms. The zero-order valence-electron chi connectivity index (χ0n) is 10.2. The Hall–Kier alpha value is -0.650. The van der Waals surface area contributed by atoms with Gasteiger partial charge in [-0.15, -0.1) is 0 Å². The zero-order chi connectivity index (χ0) is 12.6. The Bertz CT molecular complexity index is 195. The van der Waals surface area contributed by atoms with Crippen LogP contribution in [-0.4, -0.2) is 40.9 Å². The predicted octanol–water partition coefficient (Wildman–Crippen LogP) is -0.246. The van der Waals surface area contributed by atoms with Crippen LogP contribution in [0.3, 0.4) is 0 Å². The number of hydrogen-bond acceptors (Lipinski definition) is 4. The summed E-state index contributed by atoms with van der Waals surface area (Å²) in [7, 11) is 0. The van der Waals surface area contributed by atoms with E-state index < -0.39 is 5.54 Å². The van der Waals surface area contributed by atoms with Gasteiger partial charge >= 0.3 is 0 Å². The molecule has 0 aromatic rings. The summed E-state index contributed by atoms with van der Waals surface area (Å²) in [6, 6.07) is 0.0967. The number of rotatable bonds is 8. The number of aliphatic hydroxyl groups excluding tert-OH is 2. The maximum Gasteiger partial charge on any atom is 0.220 e. The molecule has 0 bridgehead atoms. The molecule has 0 aromatic carbocycles. The third-order valence-corrected chi connectivity index (χ3v) is 2.75. The highest BCUT2D eigenvalue weighted by Gasteiger charge is 2.28. The molecule has 0 aliphatic carbocycles. The molecule has 1 atom stereocenters. The summed E-state index contributed by atoms with van der Waals surface area (Å²) >= 11 is 0. The second kappa shape index (κ2) is 7.60. The predicted molar refractivity (Wildman–Crippen MR) is 62.8 cm³/mol. The summed E-state index contributed by atoms with van der Waals surface area (Å²) in [6.07, 6.45) is 2.40. The summed E-state index contributed by atoms with van der Waals surface area (Å²) in [4.78, 5) is 11.5. The van der Waals surface area contributed by atoms with Crippen molar-refractivity contribution in [3.8, 4) is 0 Å². The molecule has 0 aliphatic rings. The smallest absolute Gasteiger partial charge is 0.220 e. The van der Waals surface area contributed by atoms with Crippen LogP contribution in [0.1, 0.15) is 39.5 Å². The van der Waals surface area contributed by atoms with Crippen molar-refractivity contribution < 1.29 is 15.0 Å². The van der Waals surface area contributed by atoms with Gasteiger partial charge in [-0.2, -0.15) is 0 Å². The molecule has 0 fully saturated rings. The molecule has 0 spiro atoms. The van der Waals surface area contributed by atoms with E-state index in [1.807, 2.05) is 13.8 Å². The summed E-state index contributed by atoms with van der Waals surface area (Å²) in [6.45, 7) is 3.21. The molecule has 5 heteroatoms. The first-order valence-corrected chi connectivity index (χ1v) is 5.78. The highest BCUT2D eigenvalue weighted by molar-refractivity contribution is 5.76. The Balaban J connectivity index is 4.01. The van der Waals surface area contributed by atoms with Gasteiger partial charge in [0.05, 0.1) is 18.8 Å². The lowest BCUT2D eigenvalue weighted by molar-refractivity contribution is -0.124. The van der Waals surface area contributed by atoms with E-state index in [0.29, 0.717) is 12.8 Å². The van der Waals surface area contributed by atoms with Gasteiger partial charge in [0.25, 0.3) is 0 Å². The summed E-state index contributed by atoms with van der Waals surface area (Å²) < 4.78 is 0. The van der Waals surface area contributed by atoms with Gasteiger partial charge in [-0.1, -0.05) is 6.92 Å². The Kier molecular flexibility index (Phi) is 7.29. The molecular formula is C11H24N2O3. The lowest BCUT2D eigenvalue weighted by Gasteiger charge is -2.29. The number of nitrogens with one attached hydrogen (secondary N) is 1. The van der Waals surface area contributed by atoms with Crippen LogP contribution in [0.5, 0.6) is 0 Å². The molecule has 0 radical (unpaired) electrons. The van der Waals surface area contributed by atoms with Crippen molar-refractivity contribution in [2.45, 2.75) is 51.1 Å². The monoisotopic (exact) mass is 232 g/mol. The molecule has 96 valence electrons. The Morgan fingerprint density at radius 3 is 2.38 bits per heavy atom. The van der Waals surface area contributed by atoms with Crippen LogP contribution >= 0.6 is 0 Å². The van der Waals surface area contributed by atoms with Gasteiger partial charge in [-0.3, -0.25) is 4.79 Å². The van der Waals surface area contributed by atoms with Gasteiger partial charge in [-0.25, -0.2) is 0 Å². The van der Waals surface area contributed by atoms with Crippen molar-refractivity contribution in [2.24, 2.45) is 5.73 Å². The first-order valence-electron chi connectivity index (χ1n) is 5.78. The van der Waals surface area contributed by atoms with Crippen molar-refractivity contribution in [3.63, 3.8) is 0 Å². The summed E-state index contributed by atoms with van der Waals surface area (Å²) in [5.41, 5.74) is 4.69. The molecule has 5 N–H and O–H groups in total. The average Bonchev–Trinajstić information content (AvgIpc) is 2.25. The van der Waals surface area contributed by atoms with Crippen LogP contribution in [0.2, 0.25) is 0 Å². The Labute approximate surface area is 97.0 Å². The average molecular weight is 232 g/mol. The van der Waals surface area contributed by atoms with Crippen molar-refractivity contribution in [2.75, 3.05) is 13.2 Å². The van der Waals surface area contributed by atoms with E-state index in [1.54, 1.807) is 0 Å². The molecular weight excluding hydrogens is 208 g/mol. The SMILES string of the molecule is CCC(CO)(CO)NC(=O)CCCC(C)N. The first kappa shape index (κ1) is 15.3. The normalized spacial score (nSPS) is 13.6. The molecule has 1 unspecified atom stereocenters. The number of carbonyl (C=O) groups is 1. The van der Waals surface area contributed by atoms with E-state index in [1.165, 1.54) is 0 Å². The number of carbonyl (C=O) groups excluding carboxylic acids is 1. The van der Waals surface area contributed by atoms with Crippen LogP contribution in [0, 0.1) is 0 Å². The molecule has 0 aromatic heterocycles. The second-order valence-corrected chi connectivity index (χ2v) is 4.37. The van der Waals surface area contributed by atoms with Crippen LogP contribution < -0.4 is 11.1 Å². The van der Waals surface area contributed by atoms with Crippen molar-refractivity contribution in [3.05, 3.63) is 0 Å². The van der Waals surface area contributed by atoms with E-state index in [-0.39, 0.29) is 25.2 Å². The molecule has 0 rings (SSSR count). The van der Waals surface area contributed by atoms with E-state index in [0.717, 1.165) is 12.8 Å². The molecule has 0 saturated heterocycles. The van der Waals surface area contributed by atoms with Crippen molar-refractivity contribution in [1.82, 2.24) is 5.32 Å². The fourth-order valence-electron chi connectivity index (χ4n) is 1.38. The Morgan fingerprint density at radius 1 is 1.44 bits per heavy atom. The highest BCUT2D eigenvalue weighted by atomic mass is 16.3. The van der Waals surface area contributed by atoms with Crippen molar-refractivity contribution in [1.29, 1.82) is 0 Å². The Morgan fingerprint density at radius 2 is 2.00 bits per heavy atom. The van der Waals surface area contributed by atoms with Crippen LogP contribution in [0.25, 0.3) is 0 Å². The van der Waals surface area contributed by atoms with E-state index in [9.17, 15) is 4.79 Å². The second-order valence-electron chi connectivity index (χ2n) is 4.37. The van der Waals surface area contributed by atoms with Crippen LogP contribution in [0.15, 0.2) is 0 Å². The van der Waals surface area contributed by atoms with E-state index in [4.69, 9.17) is 15.9 Å². The molecule has 1 amide bonds. The lowest BCUT2D eigenvalue weighted by atomic mass is 9.98. The number of aliphatic hydroxyl groups is 2. The van der Waals surface area contributed by atoms with Gasteiger partial charge < -0.3 is 21.3 Å². The van der Waals surface area contributed by atoms with Crippen LogP contribution in [-0.2, 0) is 4.79 Å². The maximum absolute atomic E-state index is 11.5. The number of hydrogen-bond donors (Lipinski definition) is 4. The van der Waals surface area contributed by atoms with Gasteiger partial charge in [-0.05, 0) is 26.2 Å². The van der Waals surface area contributed by atoms with Gasteiger partial charge in [0.1, 0.15) is 0 Å². The zero-order valence-corrected chi connectivity index (χ0v) is 10.2. The van der Waals surface area contributed by atoms with E-state index >= 15 is 0 Å². The van der Waals surface area contributed by atoms with Crippen LogP contribution in [0.4, 0.5) is 0 Å². The fourth-order valence-corrected chi connectivity index (χ4v) is 1.38. The standard InChI is InChI=1S/C11H24N2O3/c1-3-11(7-14,8-15)13-10(16)6-4-5-9(2)12/h9,14-15H,3-8,12H2,1-2H3,(H,13,16). The third-order valence-electron chi connectivity index (χ3n) is 2.75. The van der Waals surface area contributed by atoms with Crippen molar-refractivity contribution >= 4 is 5.91 Å². The lowest BCUT2D eigenvalue weighted by Crippen LogP contribution is -2.53. The highest BCUT2D eigenvalue weighted by Crippen LogP contribution is 2.09. The molecule has 0 heterocycles. The minimum absolute atomic E-state index is 0.0967. The minimum Gasteiger partial charge on any atom is -0.394 e. The fraction of sp³-hybridized carbons (Fsp3) is 0.909. The van der Waals surface area contributed by atoms with Gasteiger partial charge in [0.2, 0.25) is 5.91 Å². The molecule has 5 nitrogen and oxygen atoms in total. The number of amides is 1. The molecule has 0 aliphatic heterocycles. The topological polar surface area (TPSA) is 95.6 Å². The minimum atomic E-state index is -0.884. The molecule has 0 saturated carbocycles. The van der Waals surface area contributed by atoms with Gasteiger partial charge in [0.15, 0.2) is 0 Å². The van der Waals surface area contributed by atoms with E-state index in [2.05, 4.69) is 5.32 Å². The summed E-state index contributed by atoms with van der Waals surface area (Å²) in [5.74, 6) is -0.148. The quantitative estimate of drug-likeness (QED) is 0.464. The largest absolute Gasteiger partial charge is 0.394 e. The third kappa shape index (κ3) is 5.44. The number of nitrogens with two attached hydrogens (primary N) is 1. The first-order chi connectivity index (χ1) is 7.49. The van der Waals surface area contributed by atoms with Gasteiger partial charge in [0, 0.05) is 12.5 Å². The summed E-state index contributed by atoms with van der Waals surface area (Å²) in [5, 5.41) is 21.0.